The van der Waals surface area contributed by atoms with Crippen LogP contribution in [0.3, 0.4) is 0 Å². The largest absolute Gasteiger partial charge is 0.376 e. The molecule has 0 bridgehead atoms. The molecule has 1 aliphatic heterocycles. The number of fused-ring (bicyclic) bond motifs is 1. The number of hydrogen-bond acceptors (Lipinski definition) is 2. The van der Waals surface area contributed by atoms with E-state index in [2.05, 4.69) is 6.07 Å². The summed E-state index contributed by atoms with van der Waals surface area (Å²) >= 11 is 5.88. The third-order valence-corrected chi connectivity index (χ3v) is 2.50. The van der Waals surface area contributed by atoms with E-state index in [4.69, 9.17) is 21.6 Å². The van der Waals surface area contributed by atoms with Crippen LogP contribution in [-0.2, 0) is 17.8 Å². The van der Waals surface area contributed by atoms with Crippen LogP contribution in [0.2, 0.25) is 5.02 Å². The van der Waals surface area contributed by atoms with Gasteiger partial charge in [0.25, 0.3) is 0 Å². The number of hydrogen-bond donors (Lipinski definition) is 0. The molecule has 0 radical (unpaired) electrons. The molecule has 1 aromatic carbocycles. The molecule has 0 unspecified atom stereocenters. The number of ether oxygens (including phenoxy) is 1. The van der Waals surface area contributed by atoms with Gasteiger partial charge in [-0.05, 0) is 29.7 Å². The topological polar surface area (TPSA) is 33.0 Å². The van der Waals surface area contributed by atoms with Gasteiger partial charge in [-0.15, -0.1) is 0 Å². The minimum absolute atomic E-state index is 0.520. The van der Waals surface area contributed by atoms with E-state index in [1.165, 1.54) is 5.56 Å². The normalized spacial score (nSPS) is 14.8. The first-order chi connectivity index (χ1) is 6.31. The third kappa shape index (κ3) is 1.53. The van der Waals surface area contributed by atoms with Crippen LogP contribution >= 0.6 is 11.6 Å². The van der Waals surface area contributed by atoms with Gasteiger partial charge in [0.15, 0.2) is 0 Å². The van der Waals surface area contributed by atoms with Gasteiger partial charge in [0, 0.05) is 0 Å². The Morgan fingerprint density at radius 3 is 3.00 bits per heavy atom. The predicted octanol–water partition coefficient (Wildman–Crippen LogP) is 2.28. The fraction of sp³-hybridized carbons (Fsp3) is 0.300. The number of nitrogens with zero attached hydrogens (tertiary/aromatic N) is 1. The molecular formula is C10H8ClNO. The first-order valence-corrected chi connectivity index (χ1v) is 4.48. The lowest BCUT2D eigenvalue weighted by Gasteiger charge is -2.16. The summed E-state index contributed by atoms with van der Waals surface area (Å²) in [5.74, 6) is 0. The second kappa shape index (κ2) is 3.37. The van der Waals surface area contributed by atoms with Crippen LogP contribution in [0.25, 0.3) is 0 Å². The van der Waals surface area contributed by atoms with Gasteiger partial charge in [-0.3, -0.25) is 0 Å². The second-order valence-electron chi connectivity index (χ2n) is 3.02. The molecule has 1 heterocycles. The van der Waals surface area contributed by atoms with Crippen LogP contribution in [0, 0.1) is 11.3 Å². The van der Waals surface area contributed by atoms with Crippen molar-refractivity contribution < 1.29 is 4.74 Å². The highest BCUT2D eigenvalue weighted by Gasteiger charge is 2.12. The van der Waals surface area contributed by atoms with Crippen LogP contribution in [-0.4, -0.2) is 6.61 Å². The van der Waals surface area contributed by atoms with Crippen molar-refractivity contribution in [1.82, 2.24) is 0 Å². The zero-order valence-electron chi connectivity index (χ0n) is 7.01. The Morgan fingerprint density at radius 2 is 2.23 bits per heavy atom. The fourth-order valence-electron chi connectivity index (χ4n) is 1.48. The Balaban J connectivity index is 2.52. The van der Waals surface area contributed by atoms with E-state index < -0.39 is 0 Å². The lowest BCUT2D eigenvalue weighted by molar-refractivity contribution is 0.111. The third-order valence-electron chi connectivity index (χ3n) is 2.18. The first-order valence-electron chi connectivity index (χ1n) is 4.10. The van der Waals surface area contributed by atoms with Gasteiger partial charge in [-0.1, -0.05) is 11.6 Å². The Morgan fingerprint density at radius 1 is 1.38 bits per heavy atom. The standard InChI is InChI=1S/C10H8ClNO/c11-10-4-9-6-13-2-1-7(9)3-8(10)5-12/h3-4H,1-2,6H2. The molecule has 0 saturated carbocycles. The van der Waals surface area contributed by atoms with Crippen LogP contribution in [0.4, 0.5) is 0 Å². The van der Waals surface area contributed by atoms with Crippen molar-refractivity contribution in [2.24, 2.45) is 0 Å². The highest BCUT2D eigenvalue weighted by atomic mass is 35.5. The summed E-state index contributed by atoms with van der Waals surface area (Å²) in [6, 6.07) is 5.76. The average molecular weight is 194 g/mol. The average Bonchev–Trinajstić information content (AvgIpc) is 2.17. The quantitative estimate of drug-likeness (QED) is 0.634. The molecule has 0 saturated heterocycles. The van der Waals surface area contributed by atoms with Gasteiger partial charge in [0.2, 0.25) is 0 Å². The number of rotatable bonds is 0. The molecule has 0 amide bonds. The van der Waals surface area contributed by atoms with Crippen molar-refractivity contribution in [1.29, 1.82) is 5.26 Å². The first kappa shape index (κ1) is 8.55. The van der Waals surface area contributed by atoms with E-state index in [1.807, 2.05) is 12.1 Å². The van der Waals surface area contributed by atoms with Gasteiger partial charge in [0.05, 0.1) is 23.8 Å². The molecule has 0 atom stereocenters. The second-order valence-corrected chi connectivity index (χ2v) is 3.42. The van der Waals surface area contributed by atoms with Crippen LogP contribution in [0.1, 0.15) is 16.7 Å². The Bertz CT molecular complexity index is 381. The molecule has 1 aromatic rings. The molecule has 0 aliphatic carbocycles. The number of halogens is 1. The van der Waals surface area contributed by atoms with E-state index >= 15 is 0 Å². The lowest BCUT2D eigenvalue weighted by atomic mass is 10.0. The van der Waals surface area contributed by atoms with E-state index in [0.29, 0.717) is 17.2 Å². The van der Waals surface area contributed by atoms with Gasteiger partial charge in [0.1, 0.15) is 6.07 Å². The number of benzene rings is 1. The molecule has 0 fully saturated rings. The molecule has 1 aliphatic rings. The zero-order valence-corrected chi connectivity index (χ0v) is 7.77. The van der Waals surface area contributed by atoms with Crippen LogP contribution in [0.5, 0.6) is 0 Å². The minimum Gasteiger partial charge on any atom is -0.376 e. The summed E-state index contributed by atoms with van der Waals surface area (Å²) in [5, 5.41) is 9.27. The molecule has 2 nitrogen and oxygen atoms in total. The maximum atomic E-state index is 8.75. The maximum absolute atomic E-state index is 8.75. The zero-order chi connectivity index (χ0) is 9.26. The smallest absolute Gasteiger partial charge is 0.101 e. The maximum Gasteiger partial charge on any atom is 0.101 e. The summed E-state index contributed by atoms with van der Waals surface area (Å²) in [4.78, 5) is 0. The summed E-state index contributed by atoms with van der Waals surface area (Å²) < 4.78 is 5.28. The predicted molar refractivity (Wildman–Crippen MR) is 49.5 cm³/mol. The summed E-state index contributed by atoms with van der Waals surface area (Å²) in [7, 11) is 0. The van der Waals surface area contributed by atoms with Crippen molar-refractivity contribution in [3.05, 3.63) is 33.8 Å². The minimum atomic E-state index is 0.520. The van der Waals surface area contributed by atoms with E-state index in [1.54, 1.807) is 0 Å². The fourth-order valence-corrected chi connectivity index (χ4v) is 1.70. The monoisotopic (exact) mass is 193 g/mol. The van der Waals surface area contributed by atoms with Gasteiger partial charge < -0.3 is 4.74 Å². The Hall–Kier alpha value is -1.04. The molecular weight excluding hydrogens is 186 g/mol. The van der Waals surface area contributed by atoms with Crippen LogP contribution in [0.15, 0.2) is 12.1 Å². The van der Waals surface area contributed by atoms with Crippen molar-refractivity contribution in [3.63, 3.8) is 0 Å². The highest BCUT2D eigenvalue weighted by molar-refractivity contribution is 6.31. The Kier molecular flexibility index (Phi) is 2.22. The molecule has 13 heavy (non-hydrogen) atoms. The van der Waals surface area contributed by atoms with Gasteiger partial charge >= 0.3 is 0 Å². The lowest BCUT2D eigenvalue weighted by Crippen LogP contribution is -2.09. The summed E-state index contributed by atoms with van der Waals surface area (Å²) in [6.07, 6.45) is 0.876. The van der Waals surface area contributed by atoms with Crippen molar-refractivity contribution in [2.45, 2.75) is 13.0 Å². The van der Waals surface area contributed by atoms with E-state index in [9.17, 15) is 0 Å². The van der Waals surface area contributed by atoms with Crippen LogP contribution < -0.4 is 0 Å². The van der Waals surface area contributed by atoms with Gasteiger partial charge in [-0.2, -0.15) is 5.26 Å². The molecule has 0 spiro atoms. The van der Waals surface area contributed by atoms with Crippen molar-refractivity contribution in [2.75, 3.05) is 6.61 Å². The van der Waals surface area contributed by atoms with Crippen molar-refractivity contribution in [3.8, 4) is 6.07 Å². The SMILES string of the molecule is N#Cc1cc2c(cc1Cl)COCC2. The van der Waals surface area contributed by atoms with E-state index in [0.717, 1.165) is 18.6 Å². The molecule has 0 N–H and O–H groups in total. The summed E-state index contributed by atoms with van der Waals surface area (Å²) in [5.41, 5.74) is 2.85. The molecule has 0 aromatic heterocycles. The Labute approximate surface area is 81.7 Å². The molecule has 2 rings (SSSR count). The van der Waals surface area contributed by atoms with E-state index in [-0.39, 0.29) is 0 Å². The van der Waals surface area contributed by atoms with Gasteiger partial charge in [-0.25, -0.2) is 0 Å². The van der Waals surface area contributed by atoms with Crippen molar-refractivity contribution >= 4 is 11.6 Å². The summed E-state index contributed by atoms with van der Waals surface area (Å²) in [6.45, 7) is 1.35. The molecule has 3 heteroatoms. The number of nitriles is 1. The molecule has 66 valence electrons. The highest BCUT2D eigenvalue weighted by Crippen LogP contribution is 2.24.